The molecule has 0 spiro atoms. The van der Waals surface area contributed by atoms with E-state index in [-0.39, 0.29) is 0 Å². The zero-order chi connectivity index (χ0) is 15.5. The van der Waals surface area contributed by atoms with Crippen LogP contribution in [0.4, 0.5) is 5.95 Å². The first-order chi connectivity index (χ1) is 10.7. The summed E-state index contributed by atoms with van der Waals surface area (Å²) in [5, 5.41) is 0. The molecule has 0 unspecified atom stereocenters. The Bertz CT molecular complexity index is 695. The van der Waals surface area contributed by atoms with Gasteiger partial charge >= 0.3 is 0 Å². The van der Waals surface area contributed by atoms with E-state index in [1.54, 1.807) is 0 Å². The summed E-state index contributed by atoms with van der Waals surface area (Å²) < 4.78 is 2.56. The van der Waals surface area contributed by atoms with Crippen LogP contribution in [0.25, 0.3) is 5.69 Å². The molecule has 0 radical (unpaired) electrons. The van der Waals surface area contributed by atoms with Crippen molar-refractivity contribution in [3.63, 3.8) is 0 Å². The Kier molecular flexibility index (Phi) is 4.52. The van der Waals surface area contributed by atoms with Gasteiger partial charge in [0.1, 0.15) is 6.33 Å². The Hall–Kier alpha value is -1.75. The summed E-state index contributed by atoms with van der Waals surface area (Å²) in [6.45, 7) is 6.40. The fourth-order valence-electron chi connectivity index (χ4n) is 3.07. The predicted molar refractivity (Wildman–Crippen MR) is 92.4 cm³/mol. The summed E-state index contributed by atoms with van der Waals surface area (Å²) in [5.41, 5.74) is 3.73. The first kappa shape index (κ1) is 15.2. The van der Waals surface area contributed by atoms with Gasteiger partial charge in [0.25, 0.3) is 0 Å². The highest BCUT2D eigenvalue weighted by atomic mass is 32.1. The monoisotopic (exact) mass is 314 g/mol. The largest absolute Gasteiger partial charge is 0.341 e. The molecule has 0 N–H and O–H groups in total. The van der Waals surface area contributed by atoms with Gasteiger partial charge in [0, 0.05) is 13.1 Å². The molecule has 1 fully saturated rings. The lowest BCUT2D eigenvalue weighted by molar-refractivity contribution is 0.818. The van der Waals surface area contributed by atoms with Gasteiger partial charge in [0.2, 0.25) is 10.7 Å². The Morgan fingerprint density at radius 3 is 2.27 bits per heavy atom. The molecule has 2 heterocycles. The Morgan fingerprint density at radius 2 is 1.73 bits per heavy atom. The second kappa shape index (κ2) is 6.57. The topological polar surface area (TPSA) is 34.0 Å². The lowest BCUT2D eigenvalue weighted by Gasteiger charge is -2.18. The Balaban J connectivity index is 2.07. The quantitative estimate of drug-likeness (QED) is 0.806. The van der Waals surface area contributed by atoms with E-state index in [0.717, 1.165) is 37.6 Å². The fourth-order valence-corrected chi connectivity index (χ4v) is 3.29. The molecule has 5 heteroatoms. The van der Waals surface area contributed by atoms with Crippen molar-refractivity contribution in [3.8, 4) is 5.69 Å². The van der Waals surface area contributed by atoms with E-state index >= 15 is 0 Å². The van der Waals surface area contributed by atoms with E-state index < -0.39 is 0 Å². The van der Waals surface area contributed by atoms with Gasteiger partial charge in [-0.1, -0.05) is 32.0 Å². The van der Waals surface area contributed by atoms with Crippen molar-refractivity contribution >= 4 is 18.2 Å². The number of aromatic nitrogens is 3. The number of para-hydroxylation sites is 1. The van der Waals surface area contributed by atoms with Crippen molar-refractivity contribution in [3.05, 3.63) is 40.4 Å². The summed E-state index contributed by atoms with van der Waals surface area (Å²) in [4.78, 5) is 11.3. The van der Waals surface area contributed by atoms with Crippen LogP contribution < -0.4 is 4.90 Å². The van der Waals surface area contributed by atoms with Gasteiger partial charge in [-0.25, -0.2) is 4.98 Å². The molecule has 1 saturated heterocycles. The third-order valence-corrected chi connectivity index (χ3v) is 4.57. The lowest BCUT2D eigenvalue weighted by Crippen LogP contribution is -2.21. The molecule has 0 atom stereocenters. The zero-order valence-corrected chi connectivity index (χ0v) is 14.1. The predicted octanol–water partition coefficient (Wildman–Crippen LogP) is 3.72. The van der Waals surface area contributed by atoms with Crippen LogP contribution in [0, 0.1) is 4.77 Å². The minimum absolute atomic E-state index is 0.590. The van der Waals surface area contributed by atoms with Crippen LogP contribution >= 0.6 is 12.2 Å². The van der Waals surface area contributed by atoms with Crippen molar-refractivity contribution in [1.82, 2.24) is 14.5 Å². The van der Waals surface area contributed by atoms with E-state index in [0.29, 0.717) is 4.77 Å². The van der Waals surface area contributed by atoms with Crippen LogP contribution in [0.2, 0.25) is 0 Å². The van der Waals surface area contributed by atoms with Crippen LogP contribution in [0.5, 0.6) is 0 Å². The van der Waals surface area contributed by atoms with Crippen molar-refractivity contribution in [1.29, 1.82) is 0 Å². The van der Waals surface area contributed by atoms with E-state index in [9.17, 15) is 0 Å². The Morgan fingerprint density at radius 1 is 1.09 bits per heavy atom. The zero-order valence-electron chi connectivity index (χ0n) is 13.2. The minimum Gasteiger partial charge on any atom is -0.341 e. The molecule has 3 rings (SSSR count). The van der Waals surface area contributed by atoms with Crippen molar-refractivity contribution < 1.29 is 0 Å². The molecular weight excluding hydrogens is 292 g/mol. The number of anilines is 1. The van der Waals surface area contributed by atoms with Gasteiger partial charge in [0.05, 0.1) is 5.69 Å². The maximum Gasteiger partial charge on any atom is 0.229 e. The third-order valence-electron chi connectivity index (χ3n) is 4.29. The number of aryl methyl sites for hydroxylation is 2. The summed E-state index contributed by atoms with van der Waals surface area (Å²) in [6, 6.07) is 6.43. The van der Waals surface area contributed by atoms with Crippen molar-refractivity contribution in [2.75, 3.05) is 18.0 Å². The molecule has 22 heavy (non-hydrogen) atoms. The van der Waals surface area contributed by atoms with E-state index in [1.807, 2.05) is 10.9 Å². The molecule has 1 aromatic carbocycles. The van der Waals surface area contributed by atoms with E-state index in [2.05, 4.69) is 46.9 Å². The highest BCUT2D eigenvalue weighted by molar-refractivity contribution is 7.71. The van der Waals surface area contributed by atoms with Crippen LogP contribution in [-0.4, -0.2) is 27.6 Å². The molecule has 1 aliphatic heterocycles. The van der Waals surface area contributed by atoms with Crippen LogP contribution in [0.3, 0.4) is 0 Å². The fraction of sp³-hybridized carbons (Fsp3) is 0.471. The van der Waals surface area contributed by atoms with Gasteiger partial charge in [-0.05, 0) is 49.0 Å². The first-order valence-electron chi connectivity index (χ1n) is 8.06. The Labute approximate surface area is 136 Å². The summed E-state index contributed by atoms with van der Waals surface area (Å²) in [6.07, 6.45) is 6.21. The number of hydrogen-bond donors (Lipinski definition) is 0. The molecule has 1 aliphatic rings. The van der Waals surface area contributed by atoms with Gasteiger partial charge in [-0.2, -0.15) is 4.98 Å². The van der Waals surface area contributed by atoms with Crippen molar-refractivity contribution in [2.45, 2.75) is 39.5 Å². The van der Waals surface area contributed by atoms with E-state index in [4.69, 9.17) is 12.2 Å². The smallest absolute Gasteiger partial charge is 0.229 e. The average Bonchev–Trinajstić information content (AvgIpc) is 3.08. The number of hydrogen-bond acceptors (Lipinski definition) is 4. The molecule has 0 bridgehead atoms. The van der Waals surface area contributed by atoms with Gasteiger partial charge in [-0.3, -0.25) is 4.57 Å². The first-order valence-corrected chi connectivity index (χ1v) is 8.47. The number of rotatable bonds is 4. The molecule has 4 nitrogen and oxygen atoms in total. The van der Waals surface area contributed by atoms with Crippen molar-refractivity contribution in [2.24, 2.45) is 0 Å². The molecule has 2 aromatic rings. The van der Waals surface area contributed by atoms with Gasteiger partial charge in [-0.15, -0.1) is 0 Å². The molecular formula is C17H22N4S. The maximum absolute atomic E-state index is 5.56. The maximum atomic E-state index is 5.56. The van der Waals surface area contributed by atoms with Crippen LogP contribution in [0.15, 0.2) is 24.5 Å². The standard InChI is InChI=1S/C17H22N4S/c1-3-13-8-7-9-14(4-2)15(13)21-12-18-16(19-17(21)22)20-10-5-6-11-20/h7-9,12H,3-6,10-11H2,1-2H3. The normalized spacial score (nSPS) is 14.5. The number of benzene rings is 1. The van der Waals surface area contributed by atoms with E-state index in [1.165, 1.54) is 24.0 Å². The summed E-state index contributed by atoms with van der Waals surface area (Å²) >= 11 is 5.56. The summed E-state index contributed by atoms with van der Waals surface area (Å²) in [7, 11) is 0. The van der Waals surface area contributed by atoms with Gasteiger partial charge in [0.15, 0.2) is 0 Å². The molecule has 0 aliphatic carbocycles. The summed E-state index contributed by atoms with van der Waals surface area (Å²) in [5.74, 6) is 0.769. The average molecular weight is 314 g/mol. The third kappa shape index (κ3) is 2.77. The van der Waals surface area contributed by atoms with Crippen LogP contribution in [0.1, 0.15) is 37.8 Å². The van der Waals surface area contributed by atoms with Gasteiger partial charge < -0.3 is 4.90 Å². The molecule has 116 valence electrons. The molecule has 1 aromatic heterocycles. The highest BCUT2D eigenvalue weighted by Gasteiger charge is 2.16. The number of nitrogens with zero attached hydrogens (tertiary/aromatic N) is 4. The molecule has 0 amide bonds. The second-order valence-electron chi connectivity index (χ2n) is 5.64. The SMILES string of the molecule is CCc1cccc(CC)c1-n1cnc(N2CCCC2)nc1=S. The minimum atomic E-state index is 0.590. The molecule has 0 saturated carbocycles. The lowest BCUT2D eigenvalue weighted by atomic mass is 10.0. The second-order valence-corrected chi connectivity index (χ2v) is 6.00. The van der Waals surface area contributed by atoms with Crippen LogP contribution in [-0.2, 0) is 12.8 Å². The highest BCUT2D eigenvalue weighted by Crippen LogP contribution is 2.22.